The van der Waals surface area contributed by atoms with Gasteiger partial charge in [-0.2, -0.15) is 0 Å². The van der Waals surface area contributed by atoms with Crippen molar-refractivity contribution >= 4 is 5.91 Å². The maximum atomic E-state index is 12.7. The third-order valence-corrected chi connectivity index (χ3v) is 5.12. The average molecular weight is 467 g/mol. The zero-order valence-corrected chi connectivity index (χ0v) is 21.8. The van der Waals surface area contributed by atoms with E-state index in [4.69, 9.17) is 0 Å². The Balaban J connectivity index is 0.00000137. The summed E-state index contributed by atoms with van der Waals surface area (Å²) in [5.41, 5.74) is 4.45. The summed E-state index contributed by atoms with van der Waals surface area (Å²) in [7, 11) is 0. The molecular weight excluding hydrogens is 424 g/mol. The van der Waals surface area contributed by atoms with Gasteiger partial charge < -0.3 is 14.6 Å². The molecule has 0 spiro atoms. The number of imidazole rings is 1. The number of carbonyl (C=O) groups excluding carboxylic acids is 1. The predicted molar refractivity (Wildman–Crippen MR) is 142 cm³/mol. The lowest BCUT2D eigenvalue weighted by atomic mass is 10.1. The second-order valence-corrected chi connectivity index (χ2v) is 7.79. The molecule has 1 N–H and O–H groups in total. The van der Waals surface area contributed by atoms with Crippen molar-refractivity contribution in [3.8, 4) is 0 Å². The summed E-state index contributed by atoms with van der Waals surface area (Å²) >= 11 is 0. The summed E-state index contributed by atoms with van der Waals surface area (Å²) in [4.78, 5) is 21.0. The Morgan fingerprint density at radius 1 is 1.18 bits per heavy atom. The fourth-order valence-corrected chi connectivity index (χ4v) is 3.70. The highest BCUT2D eigenvalue weighted by atomic mass is 16.3. The predicted octanol–water partition coefficient (Wildman–Crippen LogP) is 5.51. The first-order chi connectivity index (χ1) is 16.4. The number of amides is 1. The van der Waals surface area contributed by atoms with Gasteiger partial charge in [0.1, 0.15) is 0 Å². The molecule has 0 aliphatic carbocycles. The number of aliphatic hydroxyl groups is 1. The van der Waals surface area contributed by atoms with E-state index in [9.17, 15) is 9.90 Å². The van der Waals surface area contributed by atoms with Crippen LogP contribution >= 0.6 is 0 Å². The minimum absolute atomic E-state index is 0.0879. The van der Waals surface area contributed by atoms with Gasteiger partial charge in [0.2, 0.25) is 5.91 Å². The first-order valence-corrected chi connectivity index (χ1v) is 12.2. The molecule has 2 aromatic rings. The molecule has 0 saturated carbocycles. The van der Waals surface area contributed by atoms with Crippen molar-refractivity contribution in [3.63, 3.8) is 0 Å². The molecule has 1 aromatic heterocycles. The van der Waals surface area contributed by atoms with Gasteiger partial charge in [-0.05, 0) is 31.1 Å². The lowest BCUT2D eigenvalue weighted by molar-refractivity contribution is -0.135. The van der Waals surface area contributed by atoms with Crippen LogP contribution in [0.25, 0.3) is 0 Å². The minimum Gasteiger partial charge on any atom is -0.513 e. The van der Waals surface area contributed by atoms with Gasteiger partial charge in [-0.15, -0.1) is 0 Å². The topological polar surface area (TPSA) is 61.6 Å². The summed E-state index contributed by atoms with van der Waals surface area (Å²) in [6, 6.07) is 8.47. The zero-order chi connectivity index (χ0) is 25.5. The van der Waals surface area contributed by atoms with Crippen molar-refractivity contribution in [2.75, 3.05) is 26.2 Å². The van der Waals surface area contributed by atoms with E-state index in [1.807, 2.05) is 51.2 Å². The zero-order valence-electron chi connectivity index (χ0n) is 21.8. The summed E-state index contributed by atoms with van der Waals surface area (Å²) in [5, 5.41) is 9.54. The van der Waals surface area contributed by atoms with Gasteiger partial charge in [-0.1, -0.05) is 76.3 Å². The fourth-order valence-electron chi connectivity index (χ4n) is 3.70. The van der Waals surface area contributed by atoms with Crippen molar-refractivity contribution in [2.45, 2.75) is 54.6 Å². The lowest BCUT2D eigenvalue weighted by Crippen LogP contribution is -2.50. The molecule has 3 rings (SSSR count). The molecule has 0 radical (unpaired) electrons. The molecule has 1 aliphatic rings. The van der Waals surface area contributed by atoms with Gasteiger partial charge in [0.15, 0.2) is 0 Å². The number of piperazine rings is 1. The Morgan fingerprint density at radius 3 is 2.53 bits per heavy atom. The summed E-state index contributed by atoms with van der Waals surface area (Å²) in [6.45, 7) is 19.2. The molecule has 0 unspecified atom stereocenters. The lowest BCUT2D eigenvalue weighted by Gasteiger charge is -2.34. The van der Waals surface area contributed by atoms with Crippen LogP contribution in [-0.4, -0.2) is 56.5 Å². The van der Waals surface area contributed by atoms with Crippen molar-refractivity contribution in [3.05, 3.63) is 89.7 Å². The van der Waals surface area contributed by atoms with Crippen LogP contribution in [0.5, 0.6) is 0 Å². The van der Waals surface area contributed by atoms with Crippen LogP contribution in [0.15, 0.2) is 72.9 Å². The van der Waals surface area contributed by atoms with Gasteiger partial charge in [-0.25, -0.2) is 4.98 Å². The Morgan fingerprint density at radius 2 is 1.91 bits per heavy atom. The van der Waals surface area contributed by atoms with Gasteiger partial charge in [0, 0.05) is 38.9 Å². The second-order valence-electron chi connectivity index (χ2n) is 7.79. The van der Waals surface area contributed by atoms with Gasteiger partial charge >= 0.3 is 0 Å². The molecule has 186 valence electrons. The van der Waals surface area contributed by atoms with E-state index >= 15 is 0 Å². The van der Waals surface area contributed by atoms with Crippen molar-refractivity contribution in [1.29, 1.82) is 0 Å². The van der Waals surface area contributed by atoms with Crippen LogP contribution in [0.2, 0.25) is 0 Å². The third-order valence-electron chi connectivity index (χ3n) is 5.12. The largest absolute Gasteiger partial charge is 0.513 e. The smallest absolute Gasteiger partial charge is 0.237 e. The molecule has 2 heterocycles. The van der Waals surface area contributed by atoms with Gasteiger partial charge in [0.05, 0.1) is 24.3 Å². The van der Waals surface area contributed by atoms with Crippen molar-refractivity contribution in [1.82, 2.24) is 19.4 Å². The first-order valence-electron chi connectivity index (χ1n) is 12.2. The number of hydrogen-bond acceptors (Lipinski definition) is 4. The Kier molecular flexibility index (Phi) is 13.3. The number of hydrogen-bond donors (Lipinski definition) is 1. The summed E-state index contributed by atoms with van der Waals surface area (Å²) < 4.78 is 2.14. The molecule has 1 fully saturated rings. The van der Waals surface area contributed by atoms with E-state index in [1.165, 1.54) is 11.1 Å². The Bertz CT molecular complexity index is 955. The molecule has 1 aromatic carbocycles. The quantitative estimate of drug-likeness (QED) is 0.412. The van der Waals surface area contributed by atoms with Gasteiger partial charge in [-0.3, -0.25) is 9.69 Å². The molecule has 1 amide bonds. The highest BCUT2D eigenvalue weighted by Gasteiger charge is 2.25. The van der Waals surface area contributed by atoms with Crippen LogP contribution in [0.4, 0.5) is 0 Å². The molecule has 34 heavy (non-hydrogen) atoms. The minimum atomic E-state index is 0.0879. The normalized spacial score (nSPS) is 14.6. The number of nitrogens with zero attached hydrogens (tertiary/aromatic N) is 4. The number of rotatable bonds is 8. The molecule has 0 bridgehead atoms. The number of allylic oxidation sites excluding steroid dienone is 3. The molecule has 1 aliphatic heterocycles. The van der Waals surface area contributed by atoms with Crippen LogP contribution in [-0.2, 0) is 17.9 Å². The van der Waals surface area contributed by atoms with E-state index in [-0.39, 0.29) is 11.7 Å². The van der Waals surface area contributed by atoms with Crippen molar-refractivity contribution in [2.24, 2.45) is 0 Å². The number of aryl methyl sites for hydroxylation is 1. The van der Waals surface area contributed by atoms with Gasteiger partial charge in [0.25, 0.3) is 0 Å². The van der Waals surface area contributed by atoms with Crippen LogP contribution in [0, 0.1) is 6.92 Å². The summed E-state index contributed by atoms with van der Waals surface area (Å²) in [6.07, 6.45) is 8.90. The maximum absolute atomic E-state index is 12.7. The monoisotopic (exact) mass is 466 g/mol. The number of benzene rings is 1. The van der Waals surface area contributed by atoms with E-state index in [2.05, 4.69) is 52.2 Å². The fraction of sp³-hybridized carbons (Fsp3) is 0.429. The van der Waals surface area contributed by atoms with Crippen LogP contribution in [0.1, 0.15) is 51.4 Å². The molecule has 6 heteroatoms. The summed E-state index contributed by atoms with van der Waals surface area (Å²) in [5.74, 6) is 0.306. The Hall–Kier alpha value is -3.12. The average Bonchev–Trinajstić information content (AvgIpc) is 3.24. The van der Waals surface area contributed by atoms with E-state index in [0.717, 1.165) is 24.4 Å². The molecular formula is C28H42N4O2. The molecule has 0 atom stereocenters. The van der Waals surface area contributed by atoms with E-state index in [1.54, 1.807) is 19.1 Å². The number of aliphatic hydroxyl groups excluding tert-OH is 1. The standard InChI is InChI=1S/C24H30N4O2.2C2H6/c1-4-6-21(12-20(3)29)14-27-10-9-26(17-24(27)30)16-23-13-25-18-28(23)15-22-8-5-7-19(2)11-22;2*1-2/h4-8,11-13,18,29H,1,9-10,14-17H2,2-3H3;2*1-2H3/b20-12+,21-6+;;. The maximum Gasteiger partial charge on any atom is 0.237 e. The SMILES string of the molecule is C=C/C=C(\C=C(/C)O)CN1CCN(Cc2cncn2Cc2cccc(C)c2)CC1=O.CC.CC. The highest BCUT2D eigenvalue weighted by molar-refractivity contribution is 5.79. The second kappa shape index (κ2) is 15.7. The first kappa shape index (κ1) is 28.9. The number of carbonyl (C=O) groups is 1. The Labute approximate surface area is 205 Å². The highest BCUT2D eigenvalue weighted by Crippen LogP contribution is 2.14. The van der Waals surface area contributed by atoms with Crippen molar-refractivity contribution < 1.29 is 9.90 Å². The molecule has 6 nitrogen and oxygen atoms in total. The van der Waals surface area contributed by atoms with E-state index in [0.29, 0.717) is 26.2 Å². The van der Waals surface area contributed by atoms with Crippen LogP contribution < -0.4 is 0 Å². The van der Waals surface area contributed by atoms with Crippen LogP contribution in [0.3, 0.4) is 0 Å². The number of aromatic nitrogens is 2. The third kappa shape index (κ3) is 9.40. The van der Waals surface area contributed by atoms with E-state index < -0.39 is 0 Å². The molecule has 1 saturated heterocycles.